The molecule has 0 saturated carbocycles. The number of nitrogens with one attached hydrogen (secondary N) is 1. The Morgan fingerprint density at radius 3 is 2.54 bits per heavy atom. The van der Waals surface area contributed by atoms with Crippen molar-refractivity contribution in [2.24, 2.45) is 5.92 Å². The number of para-hydroxylation sites is 1. The smallest absolute Gasteiger partial charge is 0.331 e. The lowest BCUT2D eigenvalue weighted by Crippen LogP contribution is -2.61. The van der Waals surface area contributed by atoms with E-state index in [1.807, 2.05) is 0 Å². The number of fused-ring (bicyclic) bond motifs is 1. The molecule has 1 N–H and O–H groups in total. The Labute approximate surface area is 231 Å². The fourth-order valence-corrected chi connectivity index (χ4v) is 6.83. The van der Waals surface area contributed by atoms with Gasteiger partial charge in [0.05, 0.1) is 5.92 Å². The molecule has 2 fully saturated rings. The highest BCUT2D eigenvalue weighted by atomic mass is 35.5. The molecule has 10 nitrogen and oxygen atoms in total. The third-order valence-corrected chi connectivity index (χ3v) is 9.09. The SMILES string of the molecule is CC(C)N1C(=O)C(CNC(=O)[C@@H]2CCCN2S(=O)(=O)c2cc3ccccc3o2)CN(c2ccc(Cl)cc2)C1=O. The van der Waals surface area contributed by atoms with E-state index < -0.39 is 45.9 Å². The first-order valence-electron chi connectivity index (χ1n) is 12.8. The highest BCUT2D eigenvalue weighted by molar-refractivity contribution is 7.89. The van der Waals surface area contributed by atoms with E-state index in [-0.39, 0.29) is 24.7 Å². The number of halogens is 1. The molecule has 0 aliphatic carbocycles. The molecule has 39 heavy (non-hydrogen) atoms. The monoisotopic (exact) mass is 572 g/mol. The second kappa shape index (κ2) is 10.6. The van der Waals surface area contributed by atoms with Crippen LogP contribution in [0.2, 0.25) is 5.02 Å². The standard InChI is InChI=1S/C27H29ClN4O6S/c1-17(2)32-26(34)19(16-30(27(32)35)21-11-9-20(28)10-12-21)15-29-25(33)22-7-5-13-31(22)39(36,37)24-14-18-6-3-4-8-23(18)38-24/h3-4,6,8-12,14,17,19,22H,5,7,13,15-16H2,1-2H3,(H,29,33)/t19?,22-/m0/s1. The summed E-state index contributed by atoms with van der Waals surface area (Å²) in [6, 6.07) is 13.4. The molecular formula is C27H29ClN4O6S. The van der Waals surface area contributed by atoms with Crippen LogP contribution in [0.15, 0.2) is 64.1 Å². The molecule has 2 aliphatic heterocycles. The molecule has 3 heterocycles. The molecule has 12 heteroatoms. The van der Waals surface area contributed by atoms with Gasteiger partial charge in [-0.3, -0.25) is 19.4 Å². The van der Waals surface area contributed by atoms with Crippen LogP contribution in [0.25, 0.3) is 11.0 Å². The fraction of sp³-hybridized carbons (Fsp3) is 0.370. The summed E-state index contributed by atoms with van der Waals surface area (Å²) in [5.41, 5.74) is 1.03. The maximum atomic E-state index is 13.4. The lowest BCUT2D eigenvalue weighted by atomic mass is 10.0. The average Bonchev–Trinajstić information content (AvgIpc) is 3.57. The number of carbonyl (C=O) groups excluding carboxylic acids is 3. The van der Waals surface area contributed by atoms with E-state index >= 15 is 0 Å². The van der Waals surface area contributed by atoms with Crippen LogP contribution in [0.5, 0.6) is 0 Å². The van der Waals surface area contributed by atoms with Gasteiger partial charge in [0.2, 0.25) is 16.9 Å². The van der Waals surface area contributed by atoms with Crippen LogP contribution >= 0.6 is 11.6 Å². The Morgan fingerprint density at radius 2 is 1.85 bits per heavy atom. The van der Waals surface area contributed by atoms with Gasteiger partial charge in [-0.05, 0) is 57.0 Å². The second-order valence-corrected chi connectivity index (χ2v) is 12.2. The number of urea groups is 1. The first kappa shape index (κ1) is 27.2. The maximum Gasteiger partial charge on any atom is 0.331 e. The van der Waals surface area contributed by atoms with E-state index in [4.69, 9.17) is 16.0 Å². The van der Waals surface area contributed by atoms with Crippen LogP contribution in [0, 0.1) is 5.92 Å². The molecule has 4 amide bonds. The van der Waals surface area contributed by atoms with Gasteiger partial charge in [-0.2, -0.15) is 4.31 Å². The average molecular weight is 573 g/mol. The van der Waals surface area contributed by atoms with Crippen LogP contribution in [0.3, 0.4) is 0 Å². The predicted octanol–water partition coefficient (Wildman–Crippen LogP) is 3.85. The zero-order chi connectivity index (χ0) is 27.9. The van der Waals surface area contributed by atoms with Crippen molar-refractivity contribution >= 4 is 56.1 Å². The lowest BCUT2D eigenvalue weighted by molar-refractivity contribution is -0.134. The highest BCUT2D eigenvalue weighted by Gasteiger charge is 2.43. The van der Waals surface area contributed by atoms with Gasteiger partial charge in [0.15, 0.2) is 0 Å². The zero-order valence-electron chi connectivity index (χ0n) is 21.5. The number of rotatable bonds is 7. The summed E-state index contributed by atoms with van der Waals surface area (Å²) in [5, 5.41) is 3.74. The van der Waals surface area contributed by atoms with E-state index in [1.165, 1.54) is 15.9 Å². The lowest BCUT2D eigenvalue weighted by Gasteiger charge is -2.40. The minimum absolute atomic E-state index is 0.0483. The summed E-state index contributed by atoms with van der Waals surface area (Å²) in [4.78, 5) is 42.3. The Hall–Kier alpha value is -3.41. The number of furan rings is 1. The predicted molar refractivity (Wildman–Crippen MR) is 146 cm³/mol. The maximum absolute atomic E-state index is 13.4. The van der Waals surface area contributed by atoms with Gasteiger partial charge in [-0.25, -0.2) is 13.2 Å². The van der Waals surface area contributed by atoms with Crippen LogP contribution in [0.1, 0.15) is 26.7 Å². The van der Waals surface area contributed by atoms with E-state index in [0.717, 1.165) is 4.31 Å². The Kier molecular flexibility index (Phi) is 7.41. The van der Waals surface area contributed by atoms with Crippen molar-refractivity contribution in [3.63, 3.8) is 0 Å². The van der Waals surface area contributed by atoms with Gasteiger partial charge >= 0.3 is 6.03 Å². The van der Waals surface area contributed by atoms with Crippen molar-refractivity contribution < 1.29 is 27.2 Å². The number of anilines is 1. The second-order valence-electron chi connectivity index (χ2n) is 9.99. The van der Waals surface area contributed by atoms with Gasteiger partial charge in [-0.1, -0.05) is 29.8 Å². The first-order valence-corrected chi connectivity index (χ1v) is 14.6. The van der Waals surface area contributed by atoms with E-state index in [0.29, 0.717) is 34.5 Å². The number of hydrogen-bond acceptors (Lipinski definition) is 6. The normalized spacial score (nSPS) is 20.8. The molecule has 1 aromatic heterocycles. The number of carbonyl (C=O) groups is 3. The van der Waals surface area contributed by atoms with Crippen LogP contribution < -0.4 is 10.2 Å². The van der Waals surface area contributed by atoms with Crippen molar-refractivity contribution in [1.29, 1.82) is 0 Å². The van der Waals surface area contributed by atoms with E-state index in [9.17, 15) is 22.8 Å². The van der Waals surface area contributed by atoms with Crippen LogP contribution in [-0.2, 0) is 19.6 Å². The molecule has 5 rings (SSSR count). The Morgan fingerprint density at radius 1 is 1.13 bits per heavy atom. The molecule has 2 aliphatic rings. The largest absolute Gasteiger partial charge is 0.443 e. The number of sulfonamides is 1. The first-order chi connectivity index (χ1) is 18.6. The van der Waals surface area contributed by atoms with Gasteiger partial charge in [0.1, 0.15) is 11.6 Å². The molecule has 0 spiro atoms. The molecule has 206 valence electrons. The third kappa shape index (κ3) is 5.13. The molecule has 2 atom stereocenters. The summed E-state index contributed by atoms with van der Waals surface area (Å²) in [6.07, 6.45) is 0.858. The molecule has 2 saturated heterocycles. The van der Waals surface area contributed by atoms with Crippen LogP contribution in [-0.4, -0.2) is 67.2 Å². The molecule has 1 unspecified atom stereocenters. The molecule has 2 aromatic carbocycles. The van der Waals surface area contributed by atoms with Crippen LogP contribution in [0.4, 0.5) is 10.5 Å². The number of imide groups is 1. The number of nitrogens with zero attached hydrogens (tertiary/aromatic N) is 3. The number of hydrogen-bond donors (Lipinski definition) is 1. The molecule has 0 bridgehead atoms. The summed E-state index contributed by atoms with van der Waals surface area (Å²) in [7, 11) is -4.06. The van der Waals surface area contributed by atoms with Crippen molar-refractivity contribution in [2.75, 3.05) is 24.5 Å². The fourth-order valence-electron chi connectivity index (χ4n) is 5.09. The van der Waals surface area contributed by atoms with Crippen molar-refractivity contribution in [3.8, 4) is 0 Å². The zero-order valence-corrected chi connectivity index (χ0v) is 23.1. The van der Waals surface area contributed by atoms with Gasteiger partial charge in [0.25, 0.3) is 10.0 Å². The molecular weight excluding hydrogens is 544 g/mol. The topological polar surface area (TPSA) is 120 Å². The Balaban J connectivity index is 1.32. The quantitative estimate of drug-likeness (QED) is 0.459. The summed E-state index contributed by atoms with van der Waals surface area (Å²) in [5.74, 6) is -1.60. The van der Waals surface area contributed by atoms with Crippen molar-refractivity contribution in [2.45, 2.75) is 43.9 Å². The van der Waals surface area contributed by atoms with Crippen molar-refractivity contribution in [1.82, 2.24) is 14.5 Å². The molecule has 0 radical (unpaired) electrons. The minimum atomic E-state index is -4.06. The summed E-state index contributed by atoms with van der Waals surface area (Å²) >= 11 is 6.00. The van der Waals surface area contributed by atoms with Gasteiger partial charge in [-0.15, -0.1) is 0 Å². The summed E-state index contributed by atoms with van der Waals surface area (Å²) in [6.45, 7) is 3.69. The van der Waals surface area contributed by atoms with E-state index in [2.05, 4.69) is 5.32 Å². The minimum Gasteiger partial charge on any atom is -0.443 e. The number of amides is 4. The molecule has 3 aromatic rings. The van der Waals surface area contributed by atoms with Gasteiger partial charge < -0.3 is 9.73 Å². The van der Waals surface area contributed by atoms with Gasteiger partial charge in [0, 0.05) is 47.8 Å². The summed E-state index contributed by atoms with van der Waals surface area (Å²) < 4.78 is 33.5. The van der Waals surface area contributed by atoms with Crippen molar-refractivity contribution in [3.05, 3.63) is 59.6 Å². The van der Waals surface area contributed by atoms with E-state index in [1.54, 1.807) is 62.4 Å². The Bertz CT molecular complexity index is 1490. The highest BCUT2D eigenvalue weighted by Crippen LogP contribution is 2.31. The third-order valence-electron chi connectivity index (χ3n) is 7.08. The number of benzene rings is 2.